The highest BCUT2D eigenvalue weighted by atomic mass is 16.5. The van der Waals surface area contributed by atoms with Crippen molar-refractivity contribution in [3.8, 4) is 34.7 Å². The predicted octanol–water partition coefficient (Wildman–Crippen LogP) is 2.95. The fourth-order valence-electron chi connectivity index (χ4n) is 3.81. The Bertz CT molecular complexity index is 1180. The molecule has 1 aliphatic rings. The van der Waals surface area contributed by atoms with Crippen LogP contribution in [0.3, 0.4) is 0 Å². The fraction of sp³-hybridized carbons (Fsp3) is 0.333. The van der Waals surface area contributed by atoms with Crippen LogP contribution in [0.1, 0.15) is 30.5 Å². The van der Waals surface area contributed by atoms with Crippen LogP contribution >= 0.6 is 0 Å². The molecule has 0 saturated heterocycles. The first kappa shape index (κ1) is 21.5. The molecule has 0 atom stereocenters. The van der Waals surface area contributed by atoms with Gasteiger partial charge in [-0.15, -0.1) is 0 Å². The summed E-state index contributed by atoms with van der Waals surface area (Å²) in [5.41, 5.74) is 9.81. The molecule has 2 N–H and O–H groups in total. The van der Waals surface area contributed by atoms with E-state index in [0.29, 0.717) is 41.7 Å². The molecule has 1 aromatic heterocycles. The highest BCUT2D eigenvalue weighted by Gasteiger charge is 2.19. The molecule has 32 heavy (non-hydrogen) atoms. The molecule has 2 aromatic carbocycles. The summed E-state index contributed by atoms with van der Waals surface area (Å²) in [5, 5.41) is 13.6. The molecule has 8 heteroatoms. The van der Waals surface area contributed by atoms with Crippen LogP contribution in [0.5, 0.6) is 5.75 Å². The van der Waals surface area contributed by atoms with E-state index in [4.69, 9.17) is 15.0 Å². The molecule has 4 rings (SSSR count). The van der Waals surface area contributed by atoms with Crippen LogP contribution in [0, 0.1) is 11.3 Å². The first-order valence-electron chi connectivity index (χ1n) is 10.6. The van der Waals surface area contributed by atoms with E-state index in [1.54, 1.807) is 18.2 Å². The van der Waals surface area contributed by atoms with Crippen LogP contribution in [0.4, 0.5) is 0 Å². The second-order valence-electron chi connectivity index (χ2n) is 7.98. The van der Waals surface area contributed by atoms with Gasteiger partial charge in [0.2, 0.25) is 11.7 Å². The average molecular weight is 431 g/mol. The molecule has 3 aromatic rings. The number of carbonyl (C=O) groups is 1. The summed E-state index contributed by atoms with van der Waals surface area (Å²) in [6.45, 7) is 5.17. The summed E-state index contributed by atoms with van der Waals surface area (Å²) in [6, 6.07) is 13.5. The molecular weight excluding hydrogens is 406 g/mol. The molecule has 0 saturated carbocycles. The minimum Gasteiger partial charge on any atom is -0.490 e. The SMILES string of the molecule is CC(C)Oc1ccc(-c2nc(-c3ccc4c(c3)CCN(C(=O)CN)CC4)no2)cc1C#N. The third-order valence-electron chi connectivity index (χ3n) is 5.43. The van der Waals surface area contributed by atoms with Crippen molar-refractivity contribution in [1.82, 2.24) is 15.0 Å². The topological polar surface area (TPSA) is 118 Å². The molecule has 0 radical (unpaired) electrons. The molecule has 0 unspecified atom stereocenters. The number of fused-ring (bicyclic) bond motifs is 1. The number of nitrogens with zero attached hydrogens (tertiary/aromatic N) is 4. The van der Waals surface area contributed by atoms with E-state index >= 15 is 0 Å². The Labute approximate surface area is 186 Å². The Kier molecular flexibility index (Phi) is 6.19. The van der Waals surface area contributed by atoms with E-state index in [9.17, 15) is 10.1 Å². The van der Waals surface area contributed by atoms with E-state index in [0.717, 1.165) is 18.4 Å². The normalized spacial score (nSPS) is 13.4. The molecule has 8 nitrogen and oxygen atoms in total. The number of hydrogen-bond donors (Lipinski definition) is 1. The lowest BCUT2D eigenvalue weighted by atomic mass is 10.00. The first-order valence-corrected chi connectivity index (χ1v) is 10.6. The average Bonchev–Trinajstić information content (AvgIpc) is 3.19. The molecule has 1 amide bonds. The van der Waals surface area contributed by atoms with Crippen LogP contribution < -0.4 is 10.5 Å². The number of rotatable bonds is 5. The summed E-state index contributed by atoms with van der Waals surface area (Å²) in [4.78, 5) is 18.3. The smallest absolute Gasteiger partial charge is 0.258 e. The van der Waals surface area contributed by atoms with Crippen molar-refractivity contribution in [3.05, 3.63) is 53.1 Å². The van der Waals surface area contributed by atoms with Crippen LogP contribution in [-0.2, 0) is 17.6 Å². The van der Waals surface area contributed by atoms with Gasteiger partial charge < -0.3 is 19.9 Å². The van der Waals surface area contributed by atoms with Crippen molar-refractivity contribution in [2.24, 2.45) is 5.73 Å². The maximum absolute atomic E-state index is 12.0. The van der Waals surface area contributed by atoms with Gasteiger partial charge in [0.25, 0.3) is 5.89 Å². The molecule has 1 aliphatic heterocycles. The summed E-state index contributed by atoms with van der Waals surface area (Å²) in [7, 11) is 0. The van der Waals surface area contributed by atoms with Gasteiger partial charge in [-0.3, -0.25) is 4.79 Å². The fourth-order valence-corrected chi connectivity index (χ4v) is 3.81. The zero-order valence-electron chi connectivity index (χ0n) is 18.2. The highest BCUT2D eigenvalue weighted by Crippen LogP contribution is 2.29. The monoisotopic (exact) mass is 431 g/mol. The maximum Gasteiger partial charge on any atom is 0.258 e. The predicted molar refractivity (Wildman–Crippen MR) is 119 cm³/mol. The van der Waals surface area contributed by atoms with Crippen molar-refractivity contribution in [2.45, 2.75) is 32.8 Å². The zero-order valence-corrected chi connectivity index (χ0v) is 18.2. The Balaban J connectivity index is 1.57. The van der Waals surface area contributed by atoms with Gasteiger partial charge in [-0.1, -0.05) is 17.3 Å². The molecule has 0 bridgehead atoms. The number of nitriles is 1. The lowest BCUT2D eigenvalue weighted by Crippen LogP contribution is -2.37. The van der Waals surface area contributed by atoms with Gasteiger partial charge in [0.05, 0.1) is 18.2 Å². The van der Waals surface area contributed by atoms with Gasteiger partial charge >= 0.3 is 0 Å². The summed E-state index contributed by atoms with van der Waals surface area (Å²) in [6.07, 6.45) is 1.51. The summed E-state index contributed by atoms with van der Waals surface area (Å²) in [5.74, 6) is 1.31. The molecule has 0 aliphatic carbocycles. The van der Waals surface area contributed by atoms with Crippen LogP contribution in [0.2, 0.25) is 0 Å². The van der Waals surface area contributed by atoms with E-state index in [1.807, 2.05) is 24.8 Å². The Morgan fingerprint density at radius 1 is 1.19 bits per heavy atom. The number of carbonyl (C=O) groups excluding carboxylic acids is 1. The summed E-state index contributed by atoms with van der Waals surface area (Å²) < 4.78 is 11.2. The van der Waals surface area contributed by atoms with Gasteiger partial charge in [-0.25, -0.2) is 0 Å². The van der Waals surface area contributed by atoms with Gasteiger partial charge in [0.1, 0.15) is 11.8 Å². The van der Waals surface area contributed by atoms with Crippen LogP contribution in [-0.4, -0.2) is 46.7 Å². The van der Waals surface area contributed by atoms with Crippen molar-refractivity contribution < 1.29 is 14.1 Å². The van der Waals surface area contributed by atoms with Crippen LogP contribution in [0.25, 0.3) is 22.8 Å². The van der Waals surface area contributed by atoms with Gasteiger partial charge in [-0.05, 0) is 62.1 Å². The summed E-state index contributed by atoms with van der Waals surface area (Å²) >= 11 is 0. The van der Waals surface area contributed by atoms with Crippen molar-refractivity contribution >= 4 is 5.91 Å². The van der Waals surface area contributed by atoms with Crippen molar-refractivity contribution in [1.29, 1.82) is 5.26 Å². The minimum absolute atomic E-state index is 0.0256. The number of ether oxygens (including phenoxy) is 1. The second kappa shape index (κ2) is 9.20. The van der Waals surface area contributed by atoms with E-state index in [2.05, 4.69) is 28.3 Å². The van der Waals surface area contributed by atoms with Gasteiger partial charge in [0.15, 0.2) is 0 Å². The standard InChI is InChI=1S/C24H25N5O3/c1-15(2)31-21-6-5-19(12-20(21)13-25)24-27-23(28-32-24)18-4-3-16-7-9-29(22(30)14-26)10-8-17(16)11-18/h3-6,11-12,15H,7-10,14,26H2,1-2H3. The third-order valence-corrected chi connectivity index (χ3v) is 5.43. The number of benzene rings is 2. The van der Waals surface area contributed by atoms with E-state index in [-0.39, 0.29) is 18.6 Å². The Morgan fingerprint density at radius 2 is 1.94 bits per heavy atom. The van der Waals surface area contributed by atoms with Crippen molar-refractivity contribution in [2.75, 3.05) is 19.6 Å². The van der Waals surface area contributed by atoms with Gasteiger partial charge in [0, 0.05) is 24.2 Å². The zero-order chi connectivity index (χ0) is 22.7. The van der Waals surface area contributed by atoms with Gasteiger partial charge in [-0.2, -0.15) is 10.2 Å². The lowest BCUT2D eigenvalue weighted by molar-refractivity contribution is -0.129. The second-order valence-corrected chi connectivity index (χ2v) is 7.98. The quantitative estimate of drug-likeness (QED) is 0.660. The maximum atomic E-state index is 12.0. The Morgan fingerprint density at radius 3 is 2.66 bits per heavy atom. The molecular formula is C24H25N5O3. The van der Waals surface area contributed by atoms with Crippen LogP contribution in [0.15, 0.2) is 40.9 Å². The Hall–Kier alpha value is -3.70. The lowest BCUT2D eigenvalue weighted by Gasteiger charge is -2.18. The molecule has 0 spiro atoms. The van der Waals surface area contributed by atoms with E-state index in [1.165, 1.54) is 11.1 Å². The first-order chi connectivity index (χ1) is 15.5. The molecule has 164 valence electrons. The highest BCUT2D eigenvalue weighted by molar-refractivity contribution is 5.78. The van der Waals surface area contributed by atoms with Crippen molar-refractivity contribution in [3.63, 3.8) is 0 Å². The molecule has 0 fully saturated rings. The molecule has 2 heterocycles. The number of amides is 1. The van der Waals surface area contributed by atoms with E-state index < -0.39 is 0 Å². The minimum atomic E-state index is -0.0309. The third kappa shape index (κ3) is 4.48. The largest absolute Gasteiger partial charge is 0.490 e. The number of hydrogen-bond acceptors (Lipinski definition) is 7. The number of aromatic nitrogens is 2. The number of nitrogens with two attached hydrogens (primary N) is 1.